The van der Waals surface area contributed by atoms with Gasteiger partial charge in [0.05, 0.1) is 5.41 Å². The van der Waals surface area contributed by atoms with Crippen LogP contribution in [0.5, 0.6) is 0 Å². The Balaban J connectivity index is 3.27. The molecule has 0 aliphatic rings. The first-order chi connectivity index (χ1) is 7.02. The van der Waals surface area contributed by atoms with Gasteiger partial charge < -0.3 is 5.73 Å². The standard InChI is InChI=1S/C12H14ClNO/c1-3-8-12(2,11(13)15)9-6-4-5-7-10(9)14/h3-7H,1,8,14H2,2H3. The number of nitrogen functional groups attached to an aromatic ring is 1. The number of allylic oxidation sites excluding steroid dienone is 1. The van der Waals surface area contributed by atoms with Gasteiger partial charge in [-0.15, -0.1) is 6.58 Å². The lowest BCUT2D eigenvalue weighted by atomic mass is 9.80. The third-order valence-corrected chi connectivity index (χ3v) is 2.96. The van der Waals surface area contributed by atoms with Crippen molar-refractivity contribution in [2.75, 3.05) is 5.73 Å². The molecule has 0 fully saturated rings. The predicted octanol–water partition coefficient (Wildman–Crippen LogP) is 2.87. The number of carbonyl (C=O) groups excluding carboxylic acids is 1. The van der Waals surface area contributed by atoms with Crippen LogP contribution in [0.15, 0.2) is 36.9 Å². The van der Waals surface area contributed by atoms with Gasteiger partial charge in [-0.05, 0) is 36.6 Å². The number of hydrogen-bond acceptors (Lipinski definition) is 2. The van der Waals surface area contributed by atoms with Gasteiger partial charge in [0.1, 0.15) is 0 Å². The first-order valence-electron chi connectivity index (χ1n) is 4.68. The zero-order chi connectivity index (χ0) is 11.5. The summed E-state index contributed by atoms with van der Waals surface area (Å²) in [6, 6.07) is 7.24. The quantitative estimate of drug-likeness (QED) is 0.485. The molecule has 0 heterocycles. The Labute approximate surface area is 94.7 Å². The molecule has 2 N–H and O–H groups in total. The number of anilines is 1. The molecule has 1 unspecified atom stereocenters. The normalized spacial score (nSPS) is 14.3. The number of para-hydroxylation sites is 1. The van der Waals surface area contributed by atoms with E-state index in [0.29, 0.717) is 12.1 Å². The molecule has 0 aliphatic heterocycles. The van der Waals surface area contributed by atoms with Crippen molar-refractivity contribution in [2.45, 2.75) is 18.8 Å². The van der Waals surface area contributed by atoms with Gasteiger partial charge in [-0.1, -0.05) is 24.3 Å². The van der Waals surface area contributed by atoms with Crippen LogP contribution in [-0.4, -0.2) is 5.24 Å². The highest BCUT2D eigenvalue weighted by atomic mass is 35.5. The SMILES string of the molecule is C=CCC(C)(C(=O)Cl)c1ccccc1N. The number of rotatable bonds is 4. The number of nitrogens with two attached hydrogens (primary N) is 1. The van der Waals surface area contributed by atoms with Crippen LogP contribution in [-0.2, 0) is 10.2 Å². The summed E-state index contributed by atoms with van der Waals surface area (Å²) in [6.45, 7) is 5.41. The van der Waals surface area contributed by atoms with Crippen molar-refractivity contribution < 1.29 is 4.79 Å². The Morgan fingerprint density at radius 1 is 1.60 bits per heavy atom. The summed E-state index contributed by atoms with van der Waals surface area (Å²) in [5, 5.41) is -0.416. The first kappa shape index (κ1) is 11.8. The lowest BCUT2D eigenvalue weighted by Gasteiger charge is -2.25. The van der Waals surface area contributed by atoms with E-state index in [4.69, 9.17) is 17.3 Å². The van der Waals surface area contributed by atoms with Crippen LogP contribution in [0.1, 0.15) is 18.9 Å². The Kier molecular flexibility index (Phi) is 3.53. The molecule has 0 saturated heterocycles. The van der Waals surface area contributed by atoms with Gasteiger partial charge >= 0.3 is 0 Å². The lowest BCUT2D eigenvalue weighted by molar-refractivity contribution is -0.116. The van der Waals surface area contributed by atoms with Crippen molar-refractivity contribution in [1.82, 2.24) is 0 Å². The summed E-state index contributed by atoms with van der Waals surface area (Å²) in [4.78, 5) is 11.5. The van der Waals surface area contributed by atoms with E-state index in [1.165, 1.54) is 0 Å². The van der Waals surface area contributed by atoms with Gasteiger partial charge in [0.15, 0.2) is 0 Å². The fourth-order valence-electron chi connectivity index (χ4n) is 1.58. The third kappa shape index (κ3) is 2.21. The second-order valence-corrected chi connectivity index (χ2v) is 4.03. The van der Waals surface area contributed by atoms with Crippen molar-refractivity contribution in [3.8, 4) is 0 Å². The second kappa shape index (κ2) is 4.49. The van der Waals surface area contributed by atoms with E-state index in [0.717, 1.165) is 5.56 Å². The van der Waals surface area contributed by atoms with Crippen molar-refractivity contribution >= 4 is 22.5 Å². The predicted molar refractivity (Wildman–Crippen MR) is 63.9 cm³/mol. The second-order valence-electron chi connectivity index (χ2n) is 3.69. The number of hydrogen-bond donors (Lipinski definition) is 1. The largest absolute Gasteiger partial charge is 0.398 e. The molecule has 3 heteroatoms. The van der Waals surface area contributed by atoms with Crippen LogP contribution in [0.25, 0.3) is 0 Å². The van der Waals surface area contributed by atoms with Gasteiger partial charge in [-0.3, -0.25) is 4.79 Å². The zero-order valence-corrected chi connectivity index (χ0v) is 9.42. The van der Waals surface area contributed by atoms with Gasteiger partial charge in [0.25, 0.3) is 0 Å². The van der Waals surface area contributed by atoms with Crippen molar-refractivity contribution in [1.29, 1.82) is 0 Å². The molecule has 0 aliphatic carbocycles. The Morgan fingerprint density at radius 2 is 2.20 bits per heavy atom. The molecule has 1 rings (SSSR count). The van der Waals surface area contributed by atoms with Gasteiger partial charge in [-0.25, -0.2) is 0 Å². The molecule has 1 aromatic rings. The molecule has 0 bridgehead atoms. The fourth-order valence-corrected chi connectivity index (χ4v) is 1.76. The molecule has 1 atom stereocenters. The number of carbonyl (C=O) groups is 1. The van der Waals surface area contributed by atoms with E-state index >= 15 is 0 Å². The summed E-state index contributed by atoms with van der Waals surface area (Å²) >= 11 is 5.63. The van der Waals surface area contributed by atoms with Gasteiger partial charge in [0, 0.05) is 5.69 Å². The summed E-state index contributed by atoms with van der Waals surface area (Å²) in [7, 11) is 0. The molecule has 0 saturated carbocycles. The molecule has 0 aromatic heterocycles. The highest BCUT2D eigenvalue weighted by Gasteiger charge is 2.33. The van der Waals surface area contributed by atoms with Gasteiger partial charge in [0.2, 0.25) is 5.24 Å². The minimum Gasteiger partial charge on any atom is -0.398 e. The smallest absolute Gasteiger partial charge is 0.232 e. The highest BCUT2D eigenvalue weighted by Crippen LogP contribution is 2.34. The Morgan fingerprint density at radius 3 is 2.67 bits per heavy atom. The molecule has 80 valence electrons. The maximum absolute atomic E-state index is 11.5. The minimum absolute atomic E-state index is 0.416. The minimum atomic E-state index is -0.783. The fraction of sp³-hybridized carbons (Fsp3) is 0.250. The Hall–Kier alpha value is -1.28. The van der Waals surface area contributed by atoms with Crippen molar-refractivity contribution in [3.05, 3.63) is 42.5 Å². The Bertz CT molecular complexity index is 389. The zero-order valence-electron chi connectivity index (χ0n) is 8.66. The monoisotopic (exact) mass is 223 g/mol. The lowest BCUT2D eigenvalue weighted by Crippen LogP contribution is -2.29. The van der Waals surface area contributed by atoms with Crippen LogP contribution < -0.4 is 5.73 Å². The molecule has 15 heavy (non-hydrogen) atoms. The van der Waals surface area contributed by atoms with Gasteiger partial charge in [-0.2, -0.15) is 0 Å². The molecule has 0 spiro atoms. The topological polar surface area (TPSA) is 43.1 Å². The molecule has 1 aromatic carbocycles. The van der Waals surface area contributed by atoms with Crippen LogP contribution in [0.4, 0.5) is 5.69 Å². The van der Waals surface area contributed by atoms with E-state index in [2.05, 4.69) is 6.58 Å². The molecular weight excluding hydrogens is 210 g/mol. The molecule has 0 amide bonds. The molecular formula is C12H14ClNO. The van der Waals surface area contributed by atoms with Crippen LogP contribution in [0.2, 0.25) is 0 Å². The average molecular weight is 224 g/mol. The van der Waals surface area contributed by atoms with Crippen molar-refractivity contribution in [2.24, 2.45) is 0 Å². The maximum Gasteiger partial charge on any atom is 0.232 e. The summed E-state index contributed by atoms with van der Waals surface area (Å²) in [5.74, 6) is 0. The van der Waals surface area contributed by atoms with Crippen LogP contribution in [0, 0.1) is 0 Å². The summed E-state index contributed by atoms with van der Waals surface area (Å²) < 4.78 is 0. The summed E-state index contributed by atoms with van der Waals surface area (Å²) in [5.41, 5.74) is 6.38. The van der Waals surface area contributed by atoms with E-state index in [1.807, 2.05) is 18.2 Å². The number of halogens is 1. The summed E-state index contributed by atoms with van der Waals surface area (Å²) in [6.07, 6.45) is 2.15. The van der Waals surface area contributed by atoms with E-state index in [-0.39, 0.29) is 0 Å². The van der Waals surface area contributed by atoms with Crippen LogP contribution >= 0.6 is 11.6 Å². The first-order valence-corrected chi connectivity index (χ1v) is 5.06. The molecule has 0 radical (unpaired) electrons. The third-order valence-electron chi connectivity index (χ3n) is 2.54. The van der Waals surface area contributed by atoms with E-state index in [9.17, 15) is 4.79 Å². The molecule has 2 nitrogen and oxygen atoms in total. The average Bonchev–Trinajstić information content (AvgIpc) is 2.18. The number of benzene rings is 1. The van der Waals surface area contributed by atoms with E-state index < -0.39 is 10.7 Å². The van der Waals surface area contributed by atoms with Crippen molar-refractivity contribution in [3.63, 3.8) is 0 Å². The maximum atomic E-state index is 11.5. The van der Waals surface area contributed by atoms with E-state index in [1.54, 1.807) is 19.1 Å². The van der Waals surface area contributed by atoms with Crippen LogP contribution in [0.3, 0.4) is 0 Å². The highest BCUT2D eigenvalue weighted by molar-refractivity contribution is 6.65.